The van der Waals surface area contributed by atoms with Gasteiger partial charge < -0.3 is 57.1 Å². The van der Waals surface area contributed by atoms with Gasteiger partial charge in [-0.3, -0.25) is 43.3 Å². The molecule has 0 radical (unpaired) electrons. The molecule has 4 rings (SSSR count). The van der Waals surface area contributed by atoms with Crippen molar-refractivity contribution in [2.45, 2.75) is 149 Å². The number of nitrogens with two attached hydrogens (primary N) is 1. The third-order valence-electron chi connectivity index (χ3n) is 13.3. The first-order valence-corrected chi connectivity index (χ1v) is 27.5. The largest absolute Gasteiger partial charge is 0.480 e. The fourth-order valence-corrected chi connectivity index (χ4v) is 8.82. The van der Waals surface area contributed by atoms with Crippen molar-refractivity contribution in [1.82, 2.24) is 41.0 Å². The summed E-state index contributed by atoms with van der Waals surface area (Å²) in [6.07, 6.45) is 6.20. The lowest BCUT2D eigenvalue weighted by atomic mass is 9.82. The summed E-state index contributed by atoms with van der Waals surface area (Å²) in [7, 11) is 0. The number of aliphatic hydroxyl groups excluding tert-OH is 1. The van der Waals surface area contributed by atoms with E-state index in [1.54, 1.807) is 26.1 Å². The summed E-state index contributed by atoms with van der Waals surface area (Å²) < 4.78 is 53.9. The molecule has 0 saturated carbocycles. The van der Waals surface area contributed by atoms with Gasteiger partial charge in [-0.05, 0) is 86.6 Å². The minimum Gasteiger partial charge on any atom is -0.480 e. The van der Waals surface area contributed by atoms with Gasteiger partial charge in [-0.1, -0.05) is 71.4 Å². The summed E-state index contributed by atoms with van der Waals surface area (Å²) in [5.74, 6) is -12.8. The van der Waals surface area contributed by atoms with Gasteiger partial charge in [0.05, 0.1) is 12.1 Å². The molecule has 22 nitrogen and oxygen atoms in total. The molecule has 0 bridgehead atoms. The molecule has 0 saturated heterocycles. The van der Waals surface area contributed by atoms with E-state index in [0.29, 0.717) is 50.4 Å². The van der Waals surface area contributed by atoms with Crippen molar-refractivity contribution in [3.8, 4) is 11.1 Å². The average Bonchev–Trinajstić information content (AvgIpc) is 2.42. The number of carbonyl (C=O) groups is 10. The van der Waals surface area contributed by atoms with Crippen LogP contribution in [0.4, 0.5) is 17.6 Å². The van der Waals surface area contributed by atoms with Gasteiger partial charge in [-0.25, -0.2) is 18.4 Å². The van der Waals surface area contributed by atoms with Crippen molar-refractivity contribution in [3.05, 3.63) is 95.8 Å². The van der Waals surface area contributed by atoms with Crippen molar-refractivity contribution >= 4 is 59.2 Å². The standard InChI is InChI=1S/C55H75F2N9O11.C3H4F2O2/c1-34(2)49(63-45(69)18-11-8-14-27-65-46(70)21-22-47(65)71)53(75)61-35(3)51(73)62-42(54(76)77)17-12-13-25-59-44(68)23-26-60-52(74)41(58)24-28-66(48(72)33-67)50(55(4,5)6)43-29-37(39-30-38(56)19-20-40(39)57)32-64(43)31-36-15-9-7-10-16-36;1-3(4,5)2(6)7/h7,9-10,15-16,19-22,29-30,32,34-35,41-42,49-50,67H,8,11-14,17-18,23-28,31,33,58H2,1-6H3,(H,59,68)(H,60,74)(H,61,75)(H,62,73)(H,63,69)(H,76,77);1H3,(H,6,7). The van der Waals surface area contributed by atoms with E-state index in [4.69, 9.17) is 10.8 Å². The first-order valence-electron chi connectivity index (χ1n) is 27.5. The number of carboxylic acids is 2. The number of nitrogens with one attached hydrogen (secondary N) is 5. The maximum atomic E-state index is 15.1. The number of nitrogens with zero attached hydrogens (tertiary/aromatic N) is 3. The predicted molar refractivity (Wildman–Crippen MR) is 300 cm³/mol. The van der Waals surface area contributed by atoms with Gasteiger partial charge in [-0.15, -0.1) is 0 Å². The van der Waals surface area contributed by atoms with Crippen molar-refractivity contribution in [2.24, 2.45) is 17.1 Å². The number of carbonyl (C=O) groups excluding carboxylic acids is 8. The van der Waals surface area contributed by atoms with E-state index in [1.807, 2.05) is 55.7 Å². The number of halogens is 4. The highest BCUT2D eigenvalue weighted by Gasteiger charge is 2.38. The Kier molecular flexibility index (Phi) is 27.9. The third kappa shape index (κ3) is 23.0. The second-order valence-electron chi connectivity index (χ2n) is 21.8. The van der Waals surface area contributed by atoms with Gasteiger partial charge in [0.1, 0.15) is 36.4 Å². The van der Waals surface area contributed by atoms with Gasteiger partial charge in [0, 0.05) is 87.7 Å². The Morgan fingerprint density at radius 1 is 0.726 bits per heavy atom. The Morgan fingerprint density at radius 3 is 1.95 bits per heavy atom. The van der Waals surface area contributed by atoms with Crippen molar-refractivity contribution in [3.63, 3.8) is 0 Å². The van der Waals surface area contributed by atoms with E-state index < -0.39 is 107 Å². The number of rotatable bonds is 32. The maximum Gasteiger partial charge on any atom is 0.374 e. The Morgan fingerprint density at radius 2 is 1.37 bits per heavy atom. The molecule has 5 unspecified atom stereocenters. The molecule has 5 atom stereocenters. The number of aromatic nitrogens is 1. The number of carboxylic acid groups (broad SMARTS) is 2. The molecule has 2 heterocycles. The van der Waals surface area contributed by atoms with Crippen LogP contribution in [0, 0.1) is 23.0 Å². The molecule has 0 aliphatic carbocycles. The first kappa shape index (κ1) is 70.3. The second kappa shape index (κ2) is 33.3. The van der Waals surface area contributed by atoms with Crippen molar-refractivity contribution < 1.29 is 80.8 Å². The van der Waals surface area contributed by atoms with Crippen molar-refractivity contribution in [1.29, 1.82) is 0 Å². The number of amides is 8. The molecule has 26 heteroatoms. The molecular weight excluding hydrogens is 1110 g/mol. The molecule has 1 aliphatic rings. The summed E-state index contributed by atoms with van der Waals surface area (Å²) in [6.45, 7) is 10.5. The Balaban J connectivity index is 0.00000247. The van der Waals surface area contributed by atoms with E-state index in [-0.39, 0.29) is 81.6 Å². The molecular formula is C58H79F4N9O13. The van der Waals surface area contributed by atoms with Gasteiger partial charge in [0.25, 0.3) is 11.8 Å². The SMILES string of the molecule is CC(F)(F)C(=O)O.CC(NC(=O)C(NC(=O)CCCCCN1C(=O)C=CC1=O)C(C)C)C(=O)NC(CCCCNC(=O)CCNC(=O)C(N)CCN(C(=O)CO)C(c1cc(-c2cc(F)ccc2F)cn1Cc1ccccc1)C(C)(C)C)C(=O)O. The summed E-state index contributed by atoms with van der Waals surface area (Å²) in [4.78, 5) is 125. The summed E-state index contributed by atoms with van der Waals surface area (Å²) >= 11 is 0. The smallest absolute Gasteiger partial charge is 0.374 e. The summed E-state index contributed by atoms with van der Waals surface area (Å²) in [5.41, 5.74) is 7.48. The summed E-state index contributed by atoms with van der Waals surface area (Å²) in [6, 6.07) is 8.96. The predicted octanol–water partition coefficient (Wildman–Crippen LogP) is 4.33. The van der Waals surface area contributed by atoms with Crippen LogP contribution in [-0.4, -0.2) is 152 Å². The zero-order valence-electron chi connectivity index (χ0n) is 48.4. The molecule has 1 aliphatic heterocycles. The van der Waals surface area contributed by atoms with Gasteiger partial charge in [0.2, 0.25) is 35.4 Å². The number of unbranched alkanes of at least 4 members (excludes halogenated alkanes) is 3. The van der Waals surface area contributed by atoms with Crippen LogP contribution in [0.1, 0.15) is 124 Å². The van der Waals surface area contributed by atoms with Crippen LogP contribution in [0.3, 0.4) is 0 Å². The highest BCUT2D eigenvalue weighted by Crippen LogP contribution is 2.41. The van der Waals surface area contributed by atoms with Crippen LogP contribution in [0.5, 0.6) is 0 Å². The van der Waals surface area contributed by atoms with Gasteiger partial charge >= 0.3 is 17.9 Å². The fraction of sp³-hybridized carbons (Fsp3) is 0.517. The zero-order chi connectivity index (χ0) is 63.1. The number of benzene rings is 2. The third-order valence-corrected chi connectivity index (χ3v) is 13.3. The van der Waals surface area contributed by atoms with Crippen molar-refractivity contribution in [2.75, 3.05) is 32.8 Å². The molecule has 462 valence electrons. The first-order chi connectivity index (χ1) is 39.3. The Bertz CT molecular complexity index is 2780. The van der Waals surface area contributed by atoms with Gasteiger partial charge in [-0.2, -0.15) is 8.78 Å². The molecule has 0 fully saturated rings. The molecule has 10 N–H and O–H groups in total. The molecule has 84 heavy (non-hydrogen) atoms. The number of hydrogen-bond acceptors (Lipinski definition) is 12. The lowest BCUT2D eigenvalue weighted by molar-refractivity contribution is -0.162. The molecule has 1 aromatic heterocycles. The highest BCUT2D eigenvalue weighted by atomic mass is 19.3. The monoisotopic (exact) mass is 1190 g/mol. The van der Waals surface area contributed by atoms with Crippen LogP contribution in [0.25, 0.3) is 11.1 Å². The number of hydrogen-bond donors (Lipinski definition) is 9. The fourth-order valence-electron chi connectivity index (χ4n) is 8.82. The van der Waals surface area contributed by atoms with Gasteiger partial charge in [0.15, 0.2) is 0 Å². The molecule has 2 aromatic carbocycles. The molecule has 3 aromatic rings. The van der Waals surface area contributed by atoms with E-state index in [0.717, 1.165) is 28.7 Å². The number of aliphatic carboxylic acids is 2. The van der Waals surface area contributed by atoms with E-state index >= 15 is 4.39 Å². The second-order valence-corrected chi connectivity index (χ2v) is 21.8. The lowest BCUT2D eigenvalue weighted by Gasteiger charge is -2.41. The lowest BCUT2D eigenvalue weighted by Crippen LogP contribution is -2.56. The van der Waals surface area contributed by atoms with Crippen LogP contribution < -0.4 is 32.3 Å². The Labute approximate surface area is 485 Å². The number of aliphatic hydroxyl groups is 1. The van der Waals surface area contributed by atoms with Crippen LogP contribution in [0.2, 0.25) is 0 Å². The normalized spacial score (nSPS) is 14.1. The van der Waals surface area contributed by atoms with Crippen LogP contribution in [-0.2, 0) is 54.5 Å². The average molecular weight is 1190 g/mol. The minimum atomic E-state index is -3.58. The number of alkyl halides is 2. The number of imide groups is 1. The molecule has 0 spiro atoms. The minimum absolute atomic E-state index is 0.00591. The van der Waals surface area contributed by atoms with Crippen LogP contribution >= 0.6 is 0 Å². The summed E-state index contributed by atoms with van der Waals surface area (Å²) in [5, 5.41) is 40.5. The topological polar surface area (TPSA) is 329 Å². The highest BCUT2D eigenvalue weighted by molar-refractivity contribution is 6.12. The van der Waals surface area contributed by atoms with E-state index in [1.165, 1.54) is 24.0 Å². The molecule has 8 amide bonds. The van der Waals surface area contributed by atoms with Crippen LogP contribution in [0.15, 0.2) is 72.9 Å². The zero-order valence-corrected chi connectivity index (χ0v) is 48.4. The quantitative estimate of drug-likeness (QED) is 0.0239. The van der Waals surface area contributed by atoms with E-state index in [2.05, 4.69) is 26.6 Å². The maximum absolute atomic E-state index is 15.1. The Hall–Kier alpha value is -8.00. The van der Waals surface area contributed by atoms with E-state index in [9.17, 15) is 71.3 Å².